The second kappa shape index (κ2) is 6.28. The first-order valence-electron chi connectivity index (χ1n) is 7.34. The largest absolute Gasteiger partial charge is 0.492 e. The lowest BCUT2D eigenvalue weighted by Crippen LogP contribution is -2.29. The Balaban J connectivity index is 1.73. The molecule has 2 rings (SSSR count). The normalized spacial score (nSPS) is 19.8. The van der Waals surface area contributed by atoms with Crippen LogP contribution in [-0.2, 0) is 0 Å². The smallest absolute Gasteiger partial charge is 0.119 e. The number of nitriles is 1. The Morgan fingerprint density at radius 2 is 2.00 bits per heavy atom. The number of likely N-dealkylation sites (tertiary alicyclic amines) is 1. The molecular weight excluding hydrogens is 248 g/mol. The third-order valence-electron chi connectivity index (χ3n) is 4.16. The van der Waals surface area contributed by atoms with Gasteiger partial charge in [-0.15, -0.1) is 0 Å². The molecule has 1 unspecified atom stereocenters. The van der Waals surface area contributed by atoms with Crippen molar-refractivity contribution in [1.29, 1.82) is 5.26 Å². The molecule has 0 N–H and O–H groups in total. The SMILES string of the molecule is CC(C)(C)C1CCN(CCOc2ccc(C#N)cc2)C1. The van der Waals surface area contributed by atoms with E-state index in [1.807, 2.05) is 12.1 Å². The van der Waals surface area contributed by atoms with Crippen LogP contribution in [0.2, 0.25) is 0 Å². The minimum Gasteiger partial charge on any atom is -0.492 e. The Labute approximate surface area is 122 Å². The molecule has 0 aliphatic carbocycles. The molecule has 0 amide bonds. The standard InChI is InChI=1S/C17H24N2O/c1-17(2,3)15-8-9-19(13-15)10-11-20-16-6-4-14(12-18)5-7-16/h4-7,15H,8-11,13H2,1-3H3. The van der Waals surface area contributed by atoms with Gasteiger partial charge in [-0.05, 0) is 48.6 Å². The minimum absolute atomic E-state index is 0.405. The zero-order valence-electron chi connectivity index (χ0n) is 12.7. The van der Waals surface area contributed by atoms with Crippen LogP contribution in [0.3, 0.4) is 0 Å². The van der Waals surface area contributed by atoms with Crippen LogP contribution >= 0.6 is 0 Å². The summed E-state index contributed by atoms with van der Waals surface area (Å²) in [6, 6.07) is 9.42. The van der Waals surface area contributed by atoms with Crippen LogP contribution in [-0.4, -0.2) is 31.1 Å². The fourth-order valence-corrected chi connectivity index (χ4v) is 2.66. The highest BCUT2D eigenvalue weighted by molar-refractivity contribution is 5.34. The molecule has 1 aliphatic heterocycles. The number of rotatable bonds is 4. The van der Waals surface area contributed by atoms with Crippen molar-refractivity contribution in [2.45, 2.75) is 27.2 Å². The molecule has 1 fully saturated rings. The van der Waals surface area contributed by atoms with E-state index in [1.165, 1.54) is 19.5 Å². The van der Waals surface area contributed by atoms with Gasteiger partial charge in [0.2, 0.25) is 0 Å². The number of hydrogen-bond acceptors (Lipinski definition) is 3. The summed E-state index contributed by atoms with van der Waals surface area (Å²) in [4.78, 5) is 2.49. The van der Waals surface area contributed by atoms with Gasteiger partial charge in [0.05, 0.1) is 11.6 Å². The highest BCUT2D eigenvalue weighted by atomic mass is 16.5. The zero-order chi connectivity index (χ0) is 14.6. The molecule has 0 bridgehead atoms. The van der Waals surface area contributed by atoms with E-state index in [2.05, 4.69) is 31.7 Å². The van der Waals surface area contributed by atoms with Crippen molar-refractivity contribution in [3.63, 3.8) is 0 Å². The fourth-order valence-electron chi connectivity index (χ4n) is 2.66. The third kappa shape index (κ3) is 3.98. The van der Waals surface area contributed by atoms with Crippen molar-refractivity contribution in [1.82, 2.24) is 4.90 Å². The van der Waals surface area contributed by atoms with Gasteiger partial charge in [-0.2, -0.15) is 5.26 Å². The van der Waals surface area contributed by atoms with E-state index in [9.17, 15) is 0 Å². The highest BCUT2D eigenvalue weighted by Gasteiger charge is 2.31. The summed E-state index contributed by atoms with van der Waals surface area (Å²) in [6.07, 6.45) is 1.29. The average molecular weight is 272 g/mol. The van der Waals surface area contributed by atoms with Crippen LogP contribution in [0.4, 0.5) is 0 Å². The summed E-state index contributed by atoms with van der Waals surface area (Å²) in [7, 11) is 0. The predicted octanol–water partition coefficient (Wildman–Crippen LogP) is 3.31. The van der Waals surface area contributed by atoms with E-state index >= 15 is 0 Å². The number of ether oxygens (including phenoxy) is 1. The first-order valence-corrected chi connectivity index (χ1v) is 7.34. The highest BCUT2D eigenvalue weighted by Crippen LogP contribution is 2.33. The Bertz CT molecular complexity index is 467. The first kappa shape index (κ1) is 14.9. The van der Waals surface area contributed by atoms with Gasteiger partial charge in [-0.25, -0.2) is 0 Å². The van der Waals surface area contributed by atoms with Gasteiger partial charge in [0.1, 0.15) is 12.4 Å². The summed E-state index contributed by atoms with van der Waals surface area (Å²) < 4.78 is 5.74. The maximum absolute atomic E-state index is 8.74. The van der Waals surface area contributed by atoms with Crippen LogP contribution in [0.25, 0.3) is 0 Å². The van der Waals surface area contributed by atoms with Crippen LogP contribution in [0.15, 0.2) is 24.3 Å². The van der Waals surface area contributed by atoms with Crippen molar-refractivity contribution < 1.29 is 4.74 Å². The average Bonchev–Trinajstić information content (AvgIpc) is 2.88. The van der Waals surface area contributed by atoms with Crippen LogP contribution in [0.5, 0.6) is 5.75 Å². The third-order valence-corrected chi connectivity index (χ3v) is 4.16. The molecule has 0 aromatic heterocycles. The molecule has 108 valence electrons. The van der Waals surface area contributed by atoms with Crippen molar-refractivity contribution in [3.8, 4) is 11.8 Å². The van der Waals surface area contributed by atoms with E-state index in [0.717, 1.165) is 18.2 Å². The van der Waals surface area contributed by atoms with Crippen LogP contribution < -0.4 is 4.74 Å². The molecule has 1 saturated heterocycles. The summed E-state index contributed by atoms with van der Waals surface area (Å²) in [6.45, 7) is 11.0. The van der Waals surface area contributed by atoms with Crippen molar-refractivity contribution >= 4 is 0 Å². The Kier molecular flexibility index (Phi) is 4.67. The van der Waals surface area contributed by atoms with E-state index in [4.69, 9.17) is 10.00 Å². The molecule has 3 heteroatoms. The first-order chi connectivity index (χ1) is 9.49. The second-order valence-corrected chi connectivity index (χ2v) is 6.64. The summed E-state index contributed by atoms with van der Waals surface area (Å²) in [5.74, 6) is 1.63. The Morgan fingerprint density at radius 3 is 2.55 bits per heavy atom. The van der Waals surface area contributed by atoms with Gasteiger partial charge in [-0.1, -0.05) is 20.8 Å². The summed E-state index contributed by atoms with van der Waals surface area (Å²) in [5.41, 5.74) is 1.08. The van der Waals surface area contributed by atoms with Crippen LogP contribution in [0, 0.1) is 22.7 Å². The molecule has 0 radical (unpaired) electrons. The lowest BCUT2D eigenvalue weighted by atomic mass is 9.80. The summed E-state index contributed by atoms with van der Waals surface area (Å²) in [5, 5.41) is 8.74. The fraction of sp³-hybridized carbons (Fsp3) is 0.588. The van der Waals surface area contributed by atoms with E-state index in [1.54, 1.807) is 12.1 Å². The van der Waals surface area contributed by atoms with Crippen LogP contribution in [0.1, 0.15) is 32.8 Å². The Morgan fingerprint density at radius 1 is 1.30 bits per heavy atom. The molecule has 3 nitrogen and oxygen atoms in total. The quantitative estimate of drug-likeness (QED) is 0.843. The zero-order valence-corrected chi connectivity index (χ0v) is 12.7. The van der Waals surface area contributed by atoms with Gasteiger partial charge in [-0.3, -0.25) is 4.90 Å². The summed E-state index contributed by atoms with van der Waals surface area (Å²) >= 11 is 0. The van der Waals surface area contributed by atoms with Gasteiger partial charge in [0, 0.05) is 13.1 Å². The number of nitrogens with zero attached hydrogens (tertiary/aromatic N) is 2. The molecule has 1 heterocycles. The van der Waals surface area contributed by atoms with Crippen molar-refractivity contribution in [3.05, 3.63) is 29.8 Å². The molecule has 0 spiro atoms. The maximum Gasteiger partial charge on any atom is 0.119 e. The molecule has 1 aromatic rings. The monoisotopic (exact) mass is 272 g/mol. The number of benzene rings is 1. The molecule has 20 heavy (non-hydrogen) atoms. The molecule has 1 aliphatic rings. The van der Waals surface area contributed by atoms with E-state index < -0.39 is 0 Å². The van der Waals surface area contributed by atoms with Gasteiger partial charge < -0.3 is 4.74 Å². The lowest BCUT2D eigenvalue weighted by Gasteiger charge is -2.27. The Hall–Kier alpha value is -1.53. The molecule has 1 atom stereocenters. The van der Waals surface area contributed by atoms with E-state index in [0.29, 0.717) is 17.6 Å². The predicted molar refractivity (Wildman–Crippen MR) is 80.7 cm³/mol. The van der Waals surface area contributed by atoms with Gasteiger partial charge in [0.25, 0.3) is 0 Å². The lowest BCUT2D eigenvalue weighted by molar-refractivity contribution is 0.203. The van der Waals surface area contributed by atoms with E-state index in [-0.39, 0.29) is 0 Å². The van der Waals surface area contributed by atoms with Gasteiger partial charge in [0.15, 0.2) is 0 Å². The van der Waals surface area contributed by atoms with Crippen molar-refractivity contribution in [2.24, 2.45) is 11.3 Å². The van der Waals surface area contributed by atoms with Gasteiger partial charge >= 0.3 is 0 Å². The number of hydrogen-bond donors (Lipinski definition) is 0. The molecule has 0 saturated carbocycles. The minimum atomic E-state index is 0.405. The maximum atomic E-state index is 8.74. The topological polar surface area (TPSA) is 36.3 Å². The second-order valence-electron chi connectivity index (χ2n) is 6.64. The molecular formula is C17H24N2O. The van der Waals surface area contributed by atoms with Crippen molar-refractivity contribution in [2.75, 3.05) is 26.2 Å². The molecule has 1 aromatic carbocycles.